The van der Waals surface area contributed by atoms with Gasteiger partial charge in [0.15, 0.2) is 0 Å². The van der Waals surface area contributed by atoms with E-state index in [1.165, 1.54) is 18.2 Å². The Hall–Kier alpha value is -3.24. The van der Waals surface area contributed by atoms with Gasteiger partial charge in [-0.15, -0.1) is 0 Å². The number of nitrogens with zero attached hydrogens (tertiary/aromatic N) is 4. The number of rotatable bonds is 10. The number of hydrogen-bond acceptors (Lipinski definition) is 7. The topological polar surface area (TPSA) is 92.7 Å². The molecule has 8 nitrogen and oxygen atoms in total. The number of carbonyl (C=O) groups is 1. The summed E-state index contributed by atoms with van der Waals surface area (Å²) >= 11 is 12.2. The number of benzene rings is 3. The zero-order chi connectivity index (χ0) is 30.7. The Morgan fingerprint density at radius 3 is 2.17 bits per heavy atom. The minimum atomic E-state index is -4.24. The lowest BCUT2D eigenvalue weighted by molar-refractivity contribution is -0.152. The van der Waals surface area contributed by atoms with Crippen LogP contribution >= 0.6 is 23.2 Å². The van der Waals surface area contributed by atoms with Gasteiger partial charge in [-0.2, -0.15) is 10.2 Å². The molecule has 42 heavy (non-hydrogen) atoms. The fraction of sp³-hybridized carbons (Fsp3) is 0.323. The standard InChI is InChI=1S/C31H34Cl2N4O4S/c1-31(2,3)41-30(38)20-37(42(39,40)28-18-24(32)17-25(33)19-28)27-12-10-21-15-23(9-8-22(21)16-27)29-13-11-26(34-35-29)7-6-14-36(4)5/h8-13,15-19H,6-7,14,20H2,1-5H3. The monoisotopic (exact) mass is 628 g/mol. The summed E-state index contributed by atoms with van der Waals surface area (Å²) < 4.78 is 34.1. The average molecular weight is 630 g/mol. The molecule has 0 radical (unpaired) electrons. The van der Waals surface area contributed by atoms with Crippen LogP contribution in [0.25, 0.3) is 22.0 Å². The highest BCUT2D eigenvalue weighted by molar-refractivity contribution is 7.92. The van der Waals surface area contributed by atoms with Gasteiger partial charge in [0.1, 0.15) is 12.1 Å². The zero-order valence-corrected chi connectivity index (χ0v) is 26.6. The van der Waals surface area contributed by atoms with Gasteiger partial charge in [0, 0.05) is 15.6 Å². The summed E-state index contributed by atoms with van der Waals surface area (Å²) in [6.07, 6.45) is 1.86. The molecular weight excluding hydrogens is 595 g/mol. The second-order valence-electron chi connectivity index (χ2n) is 11.3. The first-order valence-electron chi connectivity index (χ1n) is 13.4. The second-order valence-corrected chi connectivity index (χ2v) is 14.0. The van der Waals surface area contributed by atoms with Crippen molar-refractivity contribution in [3.8, 4) is 11.3 Å². The molecule has 0 N–H and O–H groups in total. The molecule has 3 aromatic carbocycles. The van der Waals surface area contributed by atoms with E-state index in [0.29, 0.717) is 5.69 Å². The highest BCUT2D eigenvalue weighted by Crippen LogP contribution is 2.32. The van der Waals surface area contributed by atoms with Crippen LogP contribution in [0.3, 0.4) is 0 Å². The normalized spacial score (nSPS) is 12.1. The summed E-state index contributed by atoms with van der Waals surface area (Å²) in [6.45, 7) is 5.61. The third-order valence-electron chi connectivity index (χ3n) is 6.28. The molecule has 0 fully saturated rings. The summed E-state index contributed by atoms with van der Waals surface area (Å²) in [6, 6.07) is 18.9. The number of sulfonamides is 1. The van der Waals surface area contributed by atoms with Crippen LogP contribution in [0.1, 0.15) is 32.9 Å². The first kappa shape index (κ1) is 31.7. The first-order chi connectivity index (χ1) is 19.7. The van der Waals surface area contributed by atoms with E-state index in [1.54, 1.807) is 39.0 Å². The van der Waals surface area contributed by atoms with E-state index in [0.717, 1.165) is 51.4 Å². The predicted molar refractivity (Wildman–Crippen MR) is 169 cm³/mol. The van der Waals surface area contributed by atoms with Crippen molar-refractivity contribution in [3.05, 3.63) is 82.5 Å². The maximum atomic E-state index is 13.8. The van der Waals surface area contributed by atoms with E-state index in [1.807, 2.05) is 44.4 Å². The number of carbonyl (C=O) groups excluding carboxylic acids is 1. The third kappa shape index (κ3) is 8.19. The largest absolute Gasteiger partial charge is 0.459 e. The molecule has 0 aliphatic rings. The SMILES string of the molecule is CN(C)CCCc1ccc(-c2ccc3cc(N(CC(=O)OC(C)(C)C)S(=O)(=O)c4cc(Cl)cc(Cl)c4)ccc3c2)nn1. The number of ether oxygens (including phenoxy) is 1. The van der Waals surface area contributed by atoms with Gasteiger partial charge in [-0.25, -0.2) is 8.42 Å². The number of aromatic nitrogens is 2. The van der Waals surface area contributed by atoms with Crippen LogP contribution < -0.4 is 4.31 Å². The number of halogens is 2. The molecule has 0 amide bonds. The molecule has 0 aliphatic heterocycles. The number of hydrogen-bond donors (Lipinski definition) is 0. The van der Waals surface area contributed by atoms with E-state index < -0.39 is 28.1 Å². The van der Waals surface area contributed by atoms with Gasteiger partial charge in [0.05, 0.1) is 22.0 Å². The average Bonchev–Trinajstić information content (AvgIpc) is 2.90. The van der Waals surface area contributed by atoms with Crippen molar-refractivity contribution in [2.75, 3.05) is 31.5 Å². The number of fused-ring (bicyclic) bond motifs is 1. The van der Waals surface area contributed by atoms with Gasteiger partial charge >= 0.3 is 5.97 Å². The lowest BCUT2D eigenvalue weighted by Crippen LogP contribution is -2.39. The van der Waals surface area contributed by atoms with E-state index in [9.17, 15) is 13.2 Å². The van der Waals surface area contributed by atoms with Crippen LogP contribution in [0.2, 0.25) is 10.0 Å². The molecule has 4 aromatic rings. The molecule has 0 saturated carbocycles. The van der Waals surface area contributed by atoms with E-state index in [2.05, 4.69) is 15.1 Å². The van der Waals surface area contributed by atoms with Crippen molar-refractivity contribution >= 4 is 55.7 Å². The van der Waals surface area contributed by atoms with Gasteiger partial charge in [-0.05, 0) is 114 Å². The van der Waals surface area contributed by atoms with Gasteiger partial charge in [0.2, 0.25) is 0 Å². The number of aryl methyl sites for hydroxylation is 1. The smallest absolute Gasteiger partial charge is 0.327 e. The van der Waals surface area contributed by atoms with Crippen LogP contribution in [-0.2, 0) is 26.0 Å². The summed E-state index contributed by atoms with van der Waals surface area (Å²) in [5, 5.41) is 10.8. The molecule has 0 spiro atoms. The summed E-state index contributed by atoms with van der Waals surface area (Å²) in [5.74, 6) is -0.696. The van der Waals surface area contributed by atoms with Gasteiger partial charge in [-0.1, -0.05) is 41.4 Å². The Morgan fingerprint density at radius 1 is 0.881 bits per heavy atom. The molecule has 4 rings (SSSR count). The lowest BCUT2D eigenvalue weighted by atomic mass is 10.0. The summed E-state index contributed by atoms with van der Waals surface area (Å²) in [4.78, 5) is 14.8. The maximum Gasteiger partial charge on any atom is 0.327 e. The molecule has 0 bridgehead atoms. The molecular formula is C31H34Cl2N4O4S. The molecule has 222 valence electrons. The number of esters is 1. The van der Waals surface area contributed by atoms with Crippen molar-refractivity contribution in [2.45, 2.75) is 44.1 Å². The number of anilines is 1. The van der Waals surface area contributed by atoms with Crippen molar-refractivity contribution < 1.29 is 17.9 Å². The van der Waals surface area contributed by atoms with Crippen LogP contribution in [0.15, 0.2) is 71.6 Å². The maximum absolute atomic E-state index is 13.8. The van der Waals surface area contributed by atoms with Crippen molar-refractivity contribution in [3.63, 3.8) is 0 Å². The molecule has 0 unspecified atom stereocenters. The Labute approximate surface area is 257 Å². The minimum Gasteiger partial charge on any atom is -0.459 e. The minimum absolute atomic E-state index is 0.136. The first-order valence-corrected chi connectivity index (χ1v) is 15.6. The second kappa shape index (κ2) is 13.0. The summed E-state index contributed by atoms with van der Waals surface area (Å²) in [7, 11) is -0.151. The Balaban J connectivity index is 1.66. The molecule has 0 atom stereocenters. The Kier molecular flexibility index (Phi) is 9.77. The van der Waals surface area contributed by atoms with Gasteiger partial charge in [0.25, 0.3) is 10.0 Å². The van der Waals surface area contributed by atoms with Crippen LogP contribution in [-0.4, -0.2) is 62.3 Å². The van der Waals surface area contributed by atoms with Gasteiger partial charge < -0.3 is 9.64 Å². The fourth-order valence-corrected chi connectivity index (χ4v) is 6.51. The van der Waals surface area contributed by atoms with Crippen LogP contribution in [0, 0.1) is 0 Å². The van der Waals surface area contributed by atoms with Crippen molar-refractivity contribution in [1.82, 2.24) is 15.1 Å². The van der Waals surface area contributed by atoms with E-state index >= 15 is 0 Å². The fourth-order valence-electron chi connectivity index (χ4n) is 4.38. The van der Waals surface area contributed by atoms with Gasteiger partial charge in [-0.3, -0.25) is 9.10 Å². The zero-order valence-electron chi connectivity index (χ0n) is 24.3. The van der Waals surface area contributed by atoms with Crippen LogP contribution in [0.4, 0.5) is 5.69 Å². The molecule has 1 aromatic heterocycles. The van der Waals surface area contributed by atoms with E-state index in [4.69, 9.17) is 27.9 Å². The summed E-state index contributed by atoms with van der Waals surface area (Å²) in [5.41, 5.74) is 2.06. The third-order valence-corrected chi connectivity index (χ3v) is 8.47. The molecule has 0 aliphatic carbocycles. The molecule has 11 heteroatoms. The predicted octanol–water partition coefficient (Wildman–Crippen LogP) is 6.63. The lowest BCUT2D eigenvalue weighted by Gasteiger charge is -2.26. The highest BCUT2D eigenvalue weighted by Gasteiger charge is 2.30. The Bertz CT molecular complexity index is 1670. The highest BCUT2D eigenvalue weighted by atomic mass is 35.5. The van der Waals surface area contributed by atoms with E-state index in [-0.39, 0.29) is 14.9 Å². The van der Waals surface area contributed by atoms with Crippen molar-refractivity contribution in [2.24, 2.45) is 0 Å². The molecule has 0 saturated heterocycles. The molecule has 1 heterocycles. The quantitative estimate of drug-likeness (QED) is 0.182. The Morgan fingerprint density at radius 2 is 1.55 bits per heavy atom. The van der Waals surface area contributed by atoms with Crippen LogP contribution in [0.5, 0.6) is 0 Å². The van der Waals surface area contributed by atoms with Crippen molar-refractivity contribution in [1.29, 1.82) is 0 Å².